The van der Waals surface area contributed by atoms with Crippen LogP contribution in [0, 0.1) is 0 Å². The molecule has 0 radical (unpaired) electrons. The van der Waals surface area contributed by atoms with Gasteiger partial charge >= 0.3 is 5.24 Å². The molecule has 0 bridgehead atoms. The summed E-state index contributed by atoms with van der Waals surface area (Å²) in [7, 11) is -2.39. The van der Waals surface area contributed by atoms with Crippen molar-refractivity contribution in [1.29, 1.82) is 0 Å². The van der Waals surface area contributed by atoms with E-state index in [1.165, 1.54) is 17.3 Å². The Labute approximate surface area is 167 Å². The lowest BCUT2D eigenvalue weighted by molar-refractivity contribution is 0.222. The minimum atomic E-state index is -2.39. The minimum absolute atomic E-state index is 0.0624. The second-order valence-corrected chi connectivity index (χ2v) is 9.70. The van der Waals surface area contributed by atoms with Crippen molar-refractivity contribution in [3.05, 3.63) is 58.6 Å². The van der Waals surface area contributed by atoms with Gasteiger partial charge in [-0.3, -0.25) is 4.79 Å². The lowest BCUT2D eigenvalue weighted by atomic mass is 10.1. The molecule has 0 aliphatic carbocycles. The minimum Gasteiger partial charge on any atom is -0.507 e. The number of hydrogen-bond donors (Lipinski definition) is 2. The van der Waals surface area contributed by atoms with Crippen LogP contribution in [-0.2, 0) is 16.3 Å². The maximum Gasteiger partial charge on any atom is 0.302 e. The number of carbonyl (C=O) groups is 1. The first-order chi connectivity index (χ1) is 12.7. The Bertz CT molecular complexity index is 1020. The summed E-state index contributed by atoms with van der Waals surface area (Å²) in [5, 5.41) is 16.1. The SMILES string of the molecule is C=S(C)(=O)Nc1cccc(CN2N=C(c3cc(Cl)ccc3O)CSC2=O)c1. The normalized spacial score (nSPS) is 16.6. The number of aromatic hydroxyl groups is 1. The lowest BCUT2D eigenvalue weighted by Crippen LogP contribution is -2.29. The van der Waals surface area contributed by atoms with Crippen molar-refractivity contribution in [3.63, 3.8) is 0 Å². The highest BCUT2D eigenvalue weighted by Crippen LogP contribution is 2.28. The van der Waals surface area contributed by atoms with Crippen molar-refractivity contribution >= 4 is 55.6 Å². The first kappa shape index (κ1) is 19.6. The van der Waals surface area contributed by atoms with Gasteiger partial charge in [-0.2, -0.15) is 5.10 Å². The van der Waals surface area contributed by atoms with Gasteiger partial charge in [0.25, 0.3) is 0 Å². The van der Waals surface area contributed by atoms with Gasteiger partial charge in [-0.25, -0.2) is 9.22 Å². The molecule has 2 aromatic rings. The number of nitrogens with one attached hydrogen (secondary N) is 1. The Morgan fingerprint density at radius 2 is 2.15 bits per heavy atom. The van der Waals surface area contributed by atoms with Gasteiger partial charge in [-0.1, -0.05) is 35.5 Å². The van der Waals surface area contributed by atoms with Gasteiger partial charge in [-0.15, -0.1) is 0 Å². The van der Waals surface area contributed by atoms with Gasteiger partial charge in [0.2, 0.25) is 0 Å². The molecule has 1 aliphatic heterocycles. The van der Waals surface area contributed by atoms with Crippen molar-refractivity contribution in [1.82, 2.24) is 5.01 Å². The molecular weight excluding hydrogens is 406 g/mol. The van der Waals surface area contributed by atoms with Crippen LogP contribution in [0.25, 0.3) is 0 Å². The molecular formula is C18H18ClN3O3S2. The first-order valence-corrected chi connectivity index (χ1v) is 11.4. The predicted molar refractivity (Wildman–Crippen MR) is 114 cm³/mol. The topological polar surface area (TPSA) is 82.0 Å². The number of phenolic OH excluding ortho intramolecular Hbond substituents is 1. The number of thioether (sulfide) groups is 1. The van der Waals surface area contributed by atoms with E-state index in [1.54, 1.807) is 30.3 Å². The predicted octanol–water partition coefficient (Wildman–Crippen LogP) is 3.79. The zero-order chi connectivity index (χ0) is 19.6. The van der Waals surface area contributed by atoms with Gasteiger partial charge in [-0.05, 0) is 41.8 Å². The highest BCUT2D eigenvalue weighted by atomic mass is 35.5. The second kappa shape index (κ2) is 7.84. The monoisotopic (exact) mass is 423 g/mol. The van der Waals surface area contributed by atoms with Crippen LogP contribution < -0.4 is 4.72 Å². The van der Waals surface area contributed by atoms with Gasteiger partial charge in [0.15, 0.2) is 0 Å². The van der Waals surface area contributed by atoms with E-state index in [0.717, 1.165) is 17.3 Å². The zero-order valence-corrected chi connectivity index (χ0v) is 16.9. The number of benzene rings is 2. The summed E-state index contributed by atoms with van der Waals surface area (Å²) in [6, 6.07) is 12.0. The van der Waals surface area contributed by atoms with Crippen LogP contribution in [0.5, 0.6) is 5.75 Å². The van der Waals surface area contributed by atoms with Crippen LogP contribution in [0.3, 0.4) is 0 Å². The van der Waals surface area contributed by atoms with E-state index in [-0.39, 0.29) is 17.5 Å². The molecule has 1 aliphatic rings. The number of anilines is 1. The van der Waals surface area contributed by atoms with E-state index in [1.807, 2.05) is 6.07 Å². The standard InChI is InChI=1S/C18H18ClN3O3S2/c1-27(2,25)21-14-5-3-4-12(8-14)10-22-18(24)26-11-16(20-22)15-9-13(19)6-7-17(15)23/h3-9,23H,1,10-11H2,2H3,(H,21,25). The van der Waals surface area contributed by atoms with Gasteiger partial charge in [0.1, 0.15) is 5.75 Å². The molecule has 0 saturated heterocycles. The number of nitrogens with zero attached hydrogens (tertiary/aromatic N) is 2. The maximum atomic E-state index is 12.3. The molecule has 1 atom stereocenters. The summed E-state index contributed by atoms with van der Waals surface area (Å²) in [5.41, 5.74) is 2.55. The average Bonchev–Trinajstić information content (AvgIpc) is 2.58. The smallest absolute Gasteiger partial charge is 0.302 e. The Kier molecular flexibility index (Phi) is 5.69. The molecule has 0 fully saturated rings. The Morgan fingerprint density at radius 3 is 2.89 bits per heavy atom. The third-order valence-electron chi connectivity index (χ3n) is 3.65. The highest BCUT2D eigenvalue weighted by molar-refractivity contribution is 8.14. The van der Waals surface area contributed by atoms with Crippen LogP contribution in [0.15, 0.2) is 47.6 Å². The molecule has 142 valence electrons. The van der Waals surface area contributed by atoms with Crippen LogP contribution >= 0.6 is 23.4 Å². The fourth-order valence-corrected chi connectivity index (χ4v) is 4.07. The summed E-state index contributed by atoms with van der Waals surface area (Å²) in [5.74, 6) is 3.99. The van der Waals surface area contributed by atoms with E-state index in [2.05, 4.69) is 15.7 Å². The molecule has 27 heavy (non-hydrogen) atoms. The van der Waals surface area contributed by atoms with Gasteiger partial charge in [0, 0.05) is 38.0 Å². The van der Waals surface area contributed by atoms with E-state index >= 15 is 0 Å². The summed E-state index contributed by atoms with van der Waals surface area (Å²) in [6.45, 7) is 0.244. The molecule has 0 spiro atoms. The molecule has 1 heterocycles. The molecule has 3 rings (SSSR count). The van der Waals surface area contributed by atoms with E-state index in [9.17, 15) is 14.1 Å². The fraction of sp³-hybridized carbons (Fsp3) is 0.167. The van der Waals surface area contributed by atoms with Crippen LogP contribution in [0.1, 0.15) is 11.1 Å². The number of carbonyl (C=O) groups excluding carboxylic acids is 1. The zero-order valence-electron chi connectivity index (χ0n) is 14.5. The maximum absolute atomic E-state index is 12.3. The van der Waals surface area contributed by atoms with Gasteiger partial charge in [0.05, 0.1) is 12.3 Å². The second-order valence-electron chi connectivity index (χ2n) is 6.13. The van der Waals surface area contributed by atoms with Crippen molar-refractivity contribution < 1.29 is 14.1 Å². The van der Waals surface area contributed by atoms with E-state index < -0.39 is 9.71 Å². The number of rotatable bonds is 5. The number of halogens is 1. The fourth-order valence-electron chi connectivity index (χ4n) is 2.55. The van der Waals surface area contributed by atoms with Crippen molar-refractivity contribution in [2.45, 2.75) is 6.54 Å². The number of hydrazone groups is 1. The molecule has 2 aromatic carbocycles. The molecule has 1 unspecified atom stereocenters. The average molecular weight is 424 g/mol. The number of hydrogen-bond acceptors (Lipinski definition) is 5. The molecule has 0 aromatic heterocycles. The third-order valence-corrected chi connectivity index (χ3v) is 5.43. The summed E-state index contributed by atoms with van der Waals surface area (Å²) in [4.78, 5) is 12.3. The highest BCUT2D eigenvalue weighted by Gasteiger charge is 2.24. The summed E-state index contributed by atoms with van der Waals surface area (Å²) < 4.78 is 14.7. The largest absolute Gasteiger partial charge is 0.507 e. The molecule has 6 nitrogen and oxygen atoms in total. The molecule has 2 N–H and O–H groups in total. The number of phenols is 1. The third kappa shape index (κ3) is 5.18. The molecule has 1 amide bonds. The summed E-state index contributed by atoms with van der Waals surface area (Å²) in [6.07, 6.45) is 1.51. The lowest BCUT2D eigenvalue weighted by Gasteiger charge is -2.23. The van der Waals surface area contributed by atoms with Crippen molar-refractivity contribution in [2.75, 3.05) is 16.7 Å². The van der Waals surface area contributed by atoms with Crippen LogP contribution in [-0.4, -0.2) is 43.2 Å². The quantitative estimate of drug-likeness (QED) is 0.717. The van der Waals surface area contributed by atoms with Crippen molar-refractivity contribution in [2.24, 2.45) is 5.10 Å². The Hall–Kier alpha value is -2.16. The summed E-state index contributed by atoms with van der Waals surface area (Å²) >= 11 is 7.12. The Balaban J connectivity index is 1.86. The molecule has 9 heteroatoms. The van der Waals surface area contributed by atoms with Crippen LogP contribution in [0.2, 0.25) is 5.02 Å². The van der Waals surface area contributed by atoms with Gasteiger partial charge < -0.3 is 9.83 Å². The van der Waals surface area contributed by atoms with Crippen LogP contribution in [0.4, 0.5) is 10.5 Å². The van der Waals surface area contributed by atoms with Crippen molar-refractivity contribution in [3.8, 4) is 5.75 Å². The first-order valence-electron chi connectivity index (χ1n) is 7.91. The number of amides is 1. The Morgan fingerprint density at radius 1 is 1.37 bits per heavy atom. The molecule has 0 saturated carbocycles. The van der Waals surface area contributed by atoms with E-state index in [4.69, 9.17) is 11.6 Å². The van der Waals surface area contributed by atoms with E-state index in [0.29, 0.717) is 27.7 Å².